The molecule has 1 saturated heterocycles. The molecule has 0 amide bonds. The van der Waals surface area contributed by atoms with Crippen LogP contribution in [0.15, 0.2) is 36.9 Å². The highest BCUT2D eigenvalue weighted by molar-refractivity contribution is 7.43. The fraction of sp³-hybridized carbons (Fsp3) is 0.316. The highest BCUT2D eigenvalue weighted by Crippen LogP contribution is 2.47. The van der Waals surface area contributed by atoms with Gasteiger partial charge in [-0.15, -0.1) is 0 Å². The maximum atomic E-state index is 12.2. The molecule has 4 heterocycles. The van der Waals surface area contributed by atoms with Crippen LogP contribution in [0.3, 0.4) is 0 Å². The highest BCUT2D eigenvalue weighted by atomic mass is 31.2. The topological polar surface area (TPSA) is 150 Å². The van der Waals surface area contributed by atoms with Crippen molar-refractivity contribution in [3.05, 3.63) is 42.5 Å². The summed E-state index contributed by atoms with van der Waals surface area (Å²) in [5, 5.41) is 0. The molecule has 1 unspecified atom stereocenters. The van der Waals surface area contributed by atoms with Gasteiger partial charge in [-0.2, -0.15) is 0 Å². The molecular weight excluding hydrogens is 441 g/mol. The number of nitrogens with zero attached hydrogens (tertiary/aromatic N) is 4. The van der Waals surface area contributed by atoms with Gasteiger partial charge in [0.25, 0.3) is 0 Å². The molecule has 4 atom stereocenters. The fourth-order valence-corrected chi connectivity index (χ4v) is 4.58. The number of fused-ring (bicyclic) bond motifs is 2. The first kappa shape index (κ1) is 20.6. The van der Waals surface area contributed by atoms with Crippen LogP contribution in [0, 0.1) is 0 Å². The van der Waals surface area contributed by atoms with E-state index in [-0.39, 0.29) is 19.0 Å². The third-order valence-corrected chi connectivity index (χ3v) is 6.08. The first-order valence-electron chi connectivity index (χ1n) is 9.65. The number of ether oxygens (including phenoxy) is 2. The Balaban J connectivity index is 1.33. The van der Waals surface area contributed by atoms with Crippen LogP contribution < -0.4 is 10.3 Å². The van der Waals surface area contributed by atoms with Crippen molar-refractivity contribution in [1.82, 2.24) is 19.5 Å². The number of aromatic nitrogens is 4. The number of nitrogens with two attached hydrogens (primary N) is 1. The Hall–Kier alpha value is -3.34. The minimum atomic E-state index is -1.97. The molecule has 2 N–H and O–H groups in total. The van der Waals surface area contributed by atoms with Crippen molar-refractivity contribution in [1.29, 1.82) is 0 Å². The summed E-state index contributed by atoms with van der Waals surface area (Å²) in [6, 6.07) is 6.31. The third-order valence-electron chi connectivity index (χ3n) is 5.05. The number of hydrogen-bond donors (Lipinski definition) is 1. The number of rotatable bonds is 5. The predicted molar refractivity (Wildman–Crippen MR) is 109 cm³/mol. The summed E-state index contributed by atoms with van der Waals surface area (Å²) >= 11 is 0. The minimum absolute atomic E-state index is 0.0284. The molecule has 0 radical (unpaired) electrons. The summed E-state index contributed by atoms with van der Waals surface area (Å²) in [4.78, 5) is 36.4. The van der Waals surface area contributed by atoms with Crippen molar-refractivity contribution in [2.45, 2.75) is 25.2 Å². The van der Waals surface area contributed by atoms with E-state index in [1.165, 1.54) is 13.3 Å². The molecule has 166 valence electrons. The maximum Gasteiger partial charge on any atom is 0.465 e. The lowest BCUT2D eigenvalue weighted by Gasteiger charge is -2.26. The van der Waals surface area contributed by atoms with Crippen LogP contribution in [0.2, 0.25) is 0 Å². The fourth-order valence-electron chi connectivity index (χ4n) is 3.62. The largest absolute Gasteiger partial charge is 0.465 e. The highest BCUT2D eigenvalue weighted by Gasteiger charge is 2.43. The summed E-state index contributed by atoms with van der Waals surface area (Å²) in [5.41, 5.74) is 7.14. The van der Waals surface area contributed by atoms with Crippen molar-refractivity contribution in [3.63, 3.8) is 0 Å². The van der Waals surface area contributed by atoms with Gasteiger partial charge in [-0.05, 0) is 12.1 Å². The predicted octanol–water partition coefficient (Wildman–Crippen LogP) is 1.77. The molecule has 1 fully saturated rings. The summed E-state index contributed by atoms with van der Waals surface area (Å²) in [5.74, 6) is -0.370. The number of carbonyl (C=O) groups excluding carboxylic acids is 2. The van der Waals surface area contributed by atoms with Crippen molar-refractivity contribution in [3.8, 4) is 5.75 Å². The first-order valence-corrected chi connectivity index (χ1v) is 10.7. The molecule has 5 rings (SSSR count). The van der Waals surface area contributed by atoms with Gasteiger partial charge < -0.3 is 28.8 Å². The van der Waals surface area contributed by atoms with Gasteiger partial charge in [-0.3, -0.25) is 9.32 Å². The van der Waals surface area contributed by atoms with Gasteiger partial charge in [0.05, 0.1) is 25.6 Å². The SMILES string of the molecule is CC(=O)O[C@H]1[C@H](COP2OC(=O)c3ccccc3O2)OC[C@@H]1n1cnc2c(N)ncnc21. The zero-order valence-electron chi connectivity index (χ0n) is 16.8. The van der Waals surface area contributed by atoms with Gasteiger partial charge in [0.2, 0.25) is 0 Å². The van der Waals surface area contributed by atoms with Crippen LogP contribution in [-0.2, 0) is 23.3 Å². The summed E-state index contributed by atoms with van der Waals surface area (Å²) in [6.07, 6.45) is 1.55. The van der Waals surface area contributed by atoms with Crippen LogP contribution in [-0.4, -0.2) is 56.9 Å². The number of hydrogen-bond acceptors (Lipinski definition) is 11. The molecule has 2 aliphatic heterocycles. The van der Waals surface area contributed by atoms with E-state index in [2.05, 4.69) is 15.0 Å². The molecule has 2 aromatic heterocycles. The standard InChI is InChI=1S/C19H18N5O7P/c1-10(25)29-16-12(24-9-23-15-17(20)21-8-22-18(15)24)6-27-14(16)7-28-32-30-13-5-3-2-4-11(13)19(26)31-32/h2-5,8-9,12,14,16H,6-7H2,1H3,(H2,20,21,22)/t12-,14-,16+,32?/m0/s1. The third kappa shape index (κ3) is 3.72. The molecule has 0 spiro atoms. The summed E-state index contributed by atoms with van der Waals surface area (Å²) in [6.45, 7) is 1.49. The van der Waals surface area contributed by atoms with E-state index in [4.69, 9.17) is 28.8 Å². The van der Waals surface area contributed by atoms with Crippen LogP contribution in [0.1, 0.15) is 23.3 Å². The zero-order chi connectivity index (χ0) is 22.2. The quantitative estimate of drug-likeness (QED) is 0.439. The molecule has 32 heavy (non-hydrogen) atoms. The second-order valence-corrected chi connectivity index (χ2v) is 8.15. The lowest BCUT2D eigenvalue weighted by Crippen LogP contribution is -2.35. The zero-order valence-corrected chi connectivity index (χ0v) is 17.7. The maximum absolute atomic E-state index is 12.2. The van der Waals surface area contributed by atoms with E-state index in [9.17, 15) is 9.59 Å². The van der Waals surface area contributed by atoms with Gasteiger partial charge in [-0.1, -0.05) is 12.1 Å². The molecule has 13 heteroatoms. The molecule has 0 aliphatic carbocycles. The van der Waals surface area contributed by atoms with Gasteiger partial charge in [0, 0.05) is 6.92 Å². The average Bonchev–Trinajstić information content (AvgIpc) is 3.36. The Kier molecular flexibility index (Phi) is 5.33. The molecule has 2 aliphatic rings. The Morgan fingerprint density at radius 3 is 2.97 bits per heavy atom. The van der Waals surface area contributed by atoms with Gasteiger partial charge in [-0.25, -0.2) is 19.7 Å². The Morgan fingerprint density at radius 2 is 2.12 bits per heavy atom. The lowest BCUT2D eigenvalue weighted by atomic mass is 10.1. The van der Waals surface area contributed by atoms with E-state index in [1.54, 1.807) is 35.2 Å². The number of anilines is 1. The van der Waals surface area contributed by atoms with Gasteiger partial charge in [0.15, 0.2) is 17.6 Å². The average molecular weight is 459 g/mol. The summed E-state index contributed by atoms with van der Waals surface area (Å²) in [7, 11) is -1.97. The summed E-state index contributed by atoms with van der Waals surface area (Å²) < 4.78 is 29.7. The van der Waals surface area contributed by atoms with Gasteiger partial charge >= 0.3 is 20.5 Å². The number of esters is 1. The smallest absolute Gasteiger partial charge is 0.457 e. The van der Waals surface area contributed by atoms with E-state index in [0.717, 1.165) is 0 Å². The Bertz CT molecular complexity index is 1190. The van der Waals surface area contributed by atoms with Crippen LogP contribution >= 0.6 is 8.60 Å². The molecular formula is C19H18N5O7P. The number of carbonyl (C=O) groups is 2. The second kappa shape index (κ2) is 8.30. The number of imidazole rings is 1. The number of nitrogen functional groups attached to an aromatic ring is 1. The van der Waals surface area contributed by atoms with Crippen molar-refractivity contribution in [2.75, 3.05) is 18.9 Å². The monoisotopic (exact) mass is 459 g/mol. The van der Waals surface area contributed by atoms with E-state index >= 15 is 0 Å². The molecule has 12 nitrogen and oxygen atoms in total. The minimum Gasteiger partial charge on any atom is -0.457 e. The van der Waals surface area contributed by atoms with E-state index in [0.29, 0.717) is 22.5 Å². The lowest BCUT2D eigenvalue weighted by molar-refractivity contribution is -0.151. The van der Waals surface area contributed by atoms with Crippen LogP contribution in [0.25, 0.3) is 11.2 Å². The second-order valence-electron chi connectivity index (χ2n) is 7.08. The molecule has 3 aromatic rings. The Labute approximate surface area is 182 Å². The molecule has 0 saturated carbocycles. The van der Waals surface area contributed by atoms with Crippen molar-refractivity contribution in [2.24, 2.45) is 0 Å². The Morgan fingerprint density at radius 1 is 1.28 bits per heavy atom. The number of benzene rings is 1. The van der Waals surface area contributed by atoms with Gasteiger partial charge in [0.1, 0.15) is 29.3 Å². The van der Waals surface area contributed by atoms with Crippen LogP contribution in [0.4, 0.5) is 5.82 Å². The van der Waals surface area contributed by atoms with Crippen LogP contribution in [0.5, 0.6) is 5.75 Å². The van der Waals surface area contributed by atoms with Crippen molar-refractivity contribution < 1.29 is 32.6 Å². The number of para-hydroxylation sites is 1. The normalized spacial score (nSPS) is 24.6. The molecule has 1 aromatic carbocycles. The van der Waals surface area contributed by atoms with E-state index in [1.807, 2.05) is 0 Å². The van der Waals surface area contributed by atoms with E-state index < -0.39 is 38.8 Å². The molecule has 0 bridgehead atoms. The first-order chi connectivity index (χ1) is 15.5. The van der Waals surface area contributed by atoms with Crippen molar-refractivity contribution >= 4 is 37.5 Å².